The van der Waals surface area contributed by atoms with Gasteiger partial charge in [-0.15, -0.1) is 0 Å². The molecule has 0 aliphatic heterocycles. The van der Waals surface area contributed by atoms with Gasteiger partial charge in [0, 0.05) is 16.6 Å². The summed E-state index contributed by atoms with van der Waals surface area (Å²) < 4.78 is 34.2. The maximum Gasteiger partial charge on any atom is 0.244 e. The topological polar surface area (TPSA) is 81.4 Å². The quantitative estimate of drug-likeness (QED) is 0.747. The molecule has 0 aliphatic carbocycles. The second-order valence-electron chi connectivity index (χ2n) is 6.22. The molecule has 0 fully saturated rings. The zero-order valence-corrected chi connectivity index (χ0v) is 16.1. The average molecular weight is 393 g/mol. The summed E-state index contributed by atoms with van der Waals surface area (Å²) in [6, 6.07) is 3.25. The first-order valence-corrected chi connectivity index (χ1v) is 9.40. The van der Waals surface area contributed by atoms with Gasteiger partial charge in [0.15, 0.2) is 0 Å². The maximum absolute atomic E-state index is 12.8. The first-order chi connectivity index (χ1) is 10.0. The van der Waals surface area contributed by atoms with Gasteiger partial charge in [-0.25, -0.2) is 13.1 Å². The molecule has 1 atom stereocenters. The van der Waals surface area contributed by atoms with Crippen LogP contribution in [0.4, 0.5) is 0 Å². The highest BCUT2D eigenvalue weighted by molar-refractivity contribution is 9.10. The molecule has 0 saturated heterocycles. The summed E-state index contributed by atoms with van der Waals surface area (Å²) in [6.07, 6.45) is 0.651. The van der Waals surface area contributed by atoms with Crippen molar-refractivity contribution < 1.29 is 13.2 Å². The Kier molecular flexibility index (Phi) is 6.44. The zero-order chi connectivity index (χ0) is 17.1. The van der Waals surface area contributed by atoms with Crippen LogP contribution < -0.4 is 15.2 Å². The van der Waals surface area contributed by atoms with Crippen molar-refractivity contribution in [3.8, 4) is 5.75 Å². The van der Waals surface area contributed by atoms with Gasteiger partial charge >= 0.3 is 0 Å². The fourth-order valence-electron chi connectivity index (χ4n) is 2.45. The first-order valence-electron chi connectivity index (χ1n) is 7.13. The van der Waals surface area contributed by atoms with Gasteiger partial charge in [0.1, 0.15) is 10.6 Å². The molecule has 0 amide bonds. The summed E-state index contributed by atoms with van der Waals surface area (Å²) in [7, 11) is -2.29. The smallest absolute Gasteiger partial charge is 0.244 e. The minimum Gasteiger partial charge on any atom is -0.495 e. The molecule has 3 N–H and O–H groups in total. The fraction of sp³-hybridized carbons (Fsp3) is 0.600. The number of nitrogens with two attached hydrogens (primary N) is 1. The molecule has 1 aromatic carbocycles. The third-order valence-electron chi connectivity index (χ3n) is 3.42. The van der Waals surface area contributed by atoms with Crippen LogP contribution in [0.25, 0.3) is 0 Å². The number of hydrogen-bond acceptors (Lipinski definition) is 4. The summed E-state index contributed by atoms with van der Waals surface area (Å²) in [5.41, 5.74) is 6.00. The van der Waals surface area contributed by atoms with Crippen molar-refractivity contribution in [1.29, 1.82) is 0 Å². The Morgan fingerprint density at radius 1 is 1.41 bits per heavy atom. The number of rotatable bonds is 7. The molecule has 0 spiro atoms. The van der Waals surface area contributed by atoms with E-state index in [-0.39, 0.29) is 11.4 Å². The van der Waals surface area contributed by atoms with Gasteiger partial charge in [0.25, 0.3) is 0 Å². The third-order valence-corrected chi connectivity index (χ3v) is 5.94. The van der Waals surface area contributed by atoms with Crippen LogP contribution in [0.5, 0.6) is 5.75 Å². The predicted molar refractivity (Wildman–Crippen MR) is 92.7 cm³/mol. The molecule has 5 nitrogen and oxygen atoms in total. The van der Waals surface area contributed by atoms with Gasteiger partial charge in [-0.3, -0.25) is 0 Å². The summed E-state index contributed by atoms with van der Waals surface area (Å²) in [6.45, 7) is 7.98. The van der Waals surface area contributed by atoms with Gasteiger partial charge in [0.05, 0.1) is 7.11 Å². The van der Waals surface area contributed by atoms with Crippen LogP contribution in [0.3, 0.4) is 0 Å². The molecule has 0 heterocycles. The number of halogens is 1. The van der Waals surface area contributed by atoms with Crippen molar-refractivity contribution in [2.75, 3.05) is 13.7 Å². The Hall–Kier alpha value is -0.630. The van der Waals surface area contributed by atoms with E-state index >= 15 is 0 Å². The lowest BCUT2D eigenvalue weighted by Gasteiger charge is -2.31. The van der Waals surface area contributed by atoms with Crippen molar-refractivity contribution >= 4 is 26.0 Å². The number of nitrogens with one attached hydrogen (secondary N) is 1. The van der Waals surface area contributed by atoms with Crippen molar-refractivity contribution in [2.45, 2.75) is 44.6 Å². The second-order valence-corrected chi connectivity index (χ2v) is 8.73. The van der Waals surface area contributed by atoms with Crippen LogP contribution in [0.15, 0.2) is 21.5 Å². The van der Waals surface area contributed by atoms with Crippen LogP contribution in [0, 0.1) is 12.8 Å². The molecule has 7 heteroatoms. The zero-order valence-electron chi connectivity index (χ0n) is 13.7. The van der Waals surface area contributed by atoms with Gasteiger partial charge in [-0.05, 0) is 43.9 Å². The molecular weight excluding hydrogens is 368 g/mol. The molecule has 0 radical (unpaired) electrons. The van der Waals surface area contributed by atoms with E-state index in [2.05, 4.69) is 20.7 Å². The lowest BCUT2D eigenvalue weighted by molar-refractivity contribution is 0.343. The number of benzene rings is 1. The lowest BCUT2D eigenvalue weighted by atomic mass is 9.92. The molecule has 0 aliphatic rings. The van der Waals surface area contributed by atoms with E-state index in [1.54, 1.807) is 12.1 Å². The molecule has 22 heavy (non-hydrogen) atoms. The Balaban J connectivity index is 3.27. The van der Waals surface area contributed by atoms with Crippen LogP contribution >= 0.6 is 15.9 Å². The van der Waals surface area contributed by atoms with Crippen molar-refractivity contribution in [3.05, 3.63) is 22.2 Å². The van der Waals surface area contributed by atoms with Gasteiger partial charge < -0.3 is 10.5 Å². The van der Waals surface area contributed by atoms with Crippen LogP contribution in [-0.2, 0) is 10.0 Å². The summed E-state index contributed by atoms with van der Waals surface area (Å²) >= 11 is 3.37. The van der Waals surface area contributed by atoms with E-state index in [9.17, 15) is 8.42 Å². The third kappa shape index (κ3) is 4.68. The minimum atomic E-state index is -3.74. The Morgan fingerprint density at radius 3 is 2.45 bits per heavy atom. The Labute approximate surface area is 141 Å². The van der Waals surface area contributed by atoms with Gasteiger partial charge in [-0.2, -0.15) is 0 Å². The summed E-state index contributed by atoms with van der Waals surface area (Å²) in [4.78, 5) is 0.107. The van der Waals surface area contributed by atoms with Crippen LogP contribution in [0.1, 0.15) is 32.8 Å². The van der Waals surface area contributed by atoms with Crippen LogP contribution in [-0.4, -0.2) is 27.6 Å². The normalized spacial score (nSPS) is 14.9. The monoisotopic (exact) mass is 392 g/mol. The van der Waals surface area contributed by atoms with Gasteiger partial charge in [0.2, 0.25) is 10.0 Å². The van der Waals surface area contributed by atoms with Gasteiger partial charge in [-0.1, -0.05) is 29.8 Å². The SMILES string of the molecule is COc1cc(C)c(Br)cc1S(=O)(=O)N[C@@](C)(CN)CC(C)C. The number of methoxy groups -OCH3 is 1. The fourth-order valence-corrected chi connectivity index (χ4v) is 4.55. The number of ether oxygens (including phenoxy) is 1. The lowest BCUT2D eigenvalue weighted by Crippen LogP contribution is -2.52. The molecule has 0 bridgehead atoms. The van der Waals surface area contributed by atoms with Crippen molar-refractivity contribution in [1.82, 2.24) is 4.72 Å². The standard InChI is InChI=1S/C15H25BrN2O3S/c1-10(2)8-15(4,9-17)18-22(19,20)14-7-12(16)11(3)6-13(14)21-5/h6-7,10,18H,8-9,17H2,1-5H3/t15-/m1/s1. The van der Waals surface area contributed by atoms with E-state index in [0.717, 1.165) is 5.56 Å². The molecule has 0 saturated carbocycles. The summed E-state index contributed by atoms with van der Waals surface area (Å²) in [5.74, 6) is 0.639. The molecule has 126 valence electrons. The highest BCUT2D eigenvalue weighted by Gasteiger charge is 2.32. The second kappa shape index (κ2) is 7.29. The highest BCUT2D eigenvalue weighted by Crippen LogP contribution is 2.31. The van der Waals surface area contributed by atoms with Crippen molar-refractivity contribution in [2.24, 2.45) is 11.7 Å². The molecule has 1 aromatic rings. The molecule has 1 rings (SSSR count). The molecule has 0 aromatic heterocycles. The van der Waals surface area contributed by atoms with E-state index in [1.807, 2.05) is 27.7 Å². The van der Waals surface area contributed by atoms with E-state index in [0.29, 0.717) is 22.6 Å². The Bertz CT molecular complexity index is 632. The highest BCUT2D eigenvalue weighted by atomic mass is 79.9. The first kappa shape index (κ1) is 19.4. The van der Waals surface area contributed by atoms with Crippen LogP contribution in [0.2, 0.25) is 0 Å². The van der Waals surface area contributed by atoms with E-state index in [4.69, 9.17) is 10.5 Å². The largest absolute Gasteiger partial charge is 0.495 e. The van der Waals surface area contributed by atoms with Crippen molar-refractivity contribution in [3.63, 3.8) is 0 Å². The summed E-state index contributed by atoms with van der Waals surface area (Å²) in [5, 5.41) is 0. The number of hydrogen-bond donors (Lipinski definition) is 2. The maximum atomic E-state index is 12.8. The van der Waals surface area contributed by atoms with E-state index in [1.165, 1.54) is 7.11 Å². The predicted octanol–water partition coefficient (Wildman–Crippen LogP) is 2.81. The molecular formula is C15H25BrN2O3S. The minimum absolute atomic E-state index is 0.107. The average Bonchev–Trinajstić information content (AvgIpc) is 2.39. The number of sulfonamides is 1. The molecule has 0 unspecified atom stereocenters. The van der Waals surface area contributed by atoms with E-state index < -0.39 is 15.6 Å². The Morgan fingerprint density at radius 2 is 2.00 bits per heavy atom. The number of aryl methyl sites for hydroxylation is 1.